The summed E-state index contributed by atoms with van der Waals surface area (Å²) in [6.45, 7) is 2.08. The molecule has 2 amide bonds. The number of carbonyl (C=O) groups excluding carboxylic acids is 2. The van der Waals surface area contributed by atoms with Crippen molar-refractivity contribution in [3.63, 3.8) is 0 Å². The SMILES string of the molecule is C[C@@H](C(=O)NCc1ccccc1)N(C(=O)OC12CC3CC(CC(C3)C1)C2)c1cccc(C(=N)N)c1.Cl. The van der Waals surface area contributed by atoms with Gasteiger partial charge in [0.1, 0.15) is 17.5 Å². The molecule has 0 spiro atoms. The van der Waals surface area contributed by atoms with Crippen LogP contribution in [0.5, 0.6) is 0 Å². The molecule has 4 saturated carbocycles. The van der Waals surface area contributed by atoms with Crippen LogP contribution in [0.3, 0.4) is 0 Å². The van der Waals surface area contributed by atoms with E-state index in [-0.39, 0.29) is 24.1 Å². The quantitative estimate of drug-likeness (QED) is 0.359. The number of nitrogens with zero attached hydrogens (tertiary/aromatic N) is 1. The summed E-state index contributed by atoms with van der Waals surface area (Å²) in [6.07, 6.45) is 6.00. The number of benzene rings is 2. The molecule has 0 aliphatic heterocycles. The van der Waals surface area contributed by atoms with E-state index in [4.69, 9.17) is 15.9 Å². The van der Waals surface area contributed by atoms with Crippen LogP contribution in [-0.4, -0.2) is 29.5 Å². The van der Waals surface area contributed by atoms with Crippen molar-refractivity contribution in [3.8, 4) is 0 Å². The molecule has 4 bridgehead atoms. The molecule has 192 valence electrons. The Balaban J connectivity index is 0.00000304. The van der Waals surface area contributed by atoms with E-state index in [1.54, 1.807) is 31.2 Å². The highest BCUT2D eigenvalue weighted by atomic mass is 35.5. The van der Waals surface area contributed by atoms with Gasteiger partial charge in [-0.05, 0) is 80.9 Å². The minimum Gasteiger partial charge on any atom is -0.442 e. The molecule has 7 nitrogen and oxygen atoms in total. The molecule has 2 aromatic rings. The normalized spacial score (nSPS) is 26.4. The highest BCUT2D eigenvalue weighted by Gasteiger charge is 2.53. The van der Waals surface area contributed by atoms with Gasteiger partial charge in [0.25, 0.3) is 0 Å². The Morgan fingerprint density at radius 2 is 1.67 bits per heavy atom. The summed E-state index contributed by atoms with van der Waals surface area (Å²) >= 11 is 0. The lowest BCUT2D eigenvalue weighted by Crippen LogP contribution is -2.56. The Hall–Kier alpha value is -3.06. The molecule has 2 aromatic carbocycles. The number of anilines is 1. The van der Waals surface area contributed by atoms with Crippen molar-refractivity contribution in [3.05, 3.63) is 65.7 Å². The number of hydrogen-bond donors (Lipinski definition) is 3. The van der Waals surface area contributed by atoms with Gasteiger partial charge in [0.15, 0.2) is 0 Å². The van der Waals surface area contributed by atoms with E-state index < -0.39 is 17.7 Å². The number of ether oxygens (including phenoxy) is 1. The number of nitrogens with two attached hydrogens (primary N) is 1. The summed E-state index contributed by atoms with van der Waals surface area (Å²) in [5, 5.41) is 10.8. The number of hydrogen-bond acceptors (Lipinski definition) is 4. The average Bonchev–Trinajstić information content (AvgIpc) is 2.82. The summed E-state index contributed by atoms with van der Waals surface area (Å²) in [6, 6.07) is 15.8. The smallest absolute Gasteiger partial charge is 0.415 e. The number of rotatable bonds is 7. The Morgan fingerprint density at radius 1 is 1.06 bits per heavy atom. The molecule has 0 heterocycles. The van der Waals surface area contributed by atoms with Gasteiger partial charge in [0, 0.05) is 17.8 Å². The topological polar surface area (TPSA) is 109 Å². The zero-order valence-electron chi connectivity index (χ0n) is 20.6. The molecular weight excluding hydrogens is 476 g/mol. The van der Waals surface area contributed by atoms with Crippen LogP contribution in [-0.2, 0) is 16.1 Å². The lowest BCUT2D eigenvalue weighted by molar-refractivity contribution is -0.128. The van der Waals surface area contributed by atoms with E-state index in [1.165, 1.54) is 24.2 Å². The van der Waals surface area contributed by atoms with Crippen LogP contribution in [0.25, 0.3) is 0 Å². The highest BCUT2D eigenvalue weighted by Crippen LogP contribution is 2.57. The summed E-state index contributed by atoms with van der Waals surface area (Å²) in [7, 11) is 0. The van der Waals surface area contributed by atoms with E-state index in [1.807, 2.05) is 30.3 Å². The lowest BCUT2D eigenvalue weighted by atomic mass is 9.54. The number of amidine groups is 1. The largest absolute Gasteiger partial charge is 0.442 e. The molecular formula is C28H35ClN4O3. The third-order valence-electron chi connectivity index (χ3n) is 7.99. The van der Waals surface area contributed by atoms with Crippen LogP contribution >= 0.6 is 12.4 Å². The van der Waals surface area contributed by atoms with Gasteiger partial charge in [-0.15, -0.1) is 12.4 Å². The molecule has 0 radical (unpaired) electrons. The van der Waals surface area contributed by atoms with Crippen molar-refractivity contribution in [1.82, 2.24) is 5.32 Å². The average molecular weight is 511 g/mol. The van der Waals surface area contributed by atoms with Crippen molar-refractivity contribution >= 4 is 35.9 Å². The molecule has 36 heavy (non-hydrogen) atoms. The molecule has 0 unspecified atom stereocenters. The molecule has 4 aliphatic carbocycles. The number of amides is 2. The fourth-order valence-electron chi connectivity index (χ4n) is 6.75. The minimum atomic E-state index is -0.803. The van der Waals surface area contributed by atoms with E-state index in [2.05, 4.69) is 5.32 Å². The molecule has 4 N–H and O–H groups in total. The summed E-state index contributed by atoms with van der Waals surface area (Å²) in [4.78, 5) is 28.4. The van der Waals surface area contributed by atoms with E-state index in [0.717, 1.165) is 24.8 Å². The zero-order chi connectivity index (χ0) is 24.6. The lowest BCUT2D eigenvalue weighted by Gasteiger charge is -2.55. The van der Waals surface area contributed by atoms with Gasteiger partial charge in [-0.2, -0.15) is 0 Å². The maximum absolute atomic E-state index is 13.8. The predicted octanol–water partition coefficient (Wildman–Crippen LogP) is 5.01. The monoisotopic (exact) mass is 510 g/mol. The molecule has 0 saturated heterocycles. The summed E-state index contributed by atoms with van der Waals surface area (Å²) in [5.74, 6) is 1.53. The maximum Gasteiger partial charge on any atom is 0.415 e. The molecule has 8 heteroatoms. The van der Waals surface area contributed by atoms with Crippen molar-refractivity contribution in [2.75, 3.05) is 4.90 Å². The Morgan fingerprint density at radius 3 is 2.25 bits per heavy atom. The number of nitrogens with one attached hydrogen (secondary N) is 2. The van der Waals surface area contributed by atoms with E-state index in [9.17, 15) is 9.59 Å². The Kier molecular flexibility index (Phi) is 7.59. The van der Waals surface area contributed by atoms with Crippen molar-refractivity contribution < 1.29 is 14.3 Å². The van der Waals surface area contributed by atoms with Crippen LogP contribution in [0.15, 0.2) is 54.6 Å². The summed E-state index contributed by atoms with van der Waals surface area (Å²) < 4.78 is 6.32. The first-order valence-corrected chi connectivity index (χ1v) is 12.6. The third-order valence-corrected chi connectivity index (χ3v) is 7.99. The number of carbonyl (C=O) groups is 2. The maximum atomic E-state index is 13.8. The predicted molar refractivity (Wildman–Crippen MR) is 142 cm³/mol. The standard InChI is InChI=1S/C28H34N4O3.ClH/c1-18(26(33)31-17-19-6-3-2-4-7-19)32(24-9-5-8-23(13-24)25(29)30)27(34)35-28-14-20-10-21(15-28)12-22(11-20)16-28;/h2-9,13,18,20-22H,10-12,14-17H2,1H3,(H3,29,30)(H,31,33);1H/t18-,20?,21?,22?,28?;/m0./s1. The molecule has 0 aromatic heterocycles. The first-order chi connectivity index (χ1) is 16.8. The van der Waals surface area contributed by atoms with Crippen molar-refractivity contribution in [1.29, 1.82) is 5.41 Å². The zero-order valence-corrected chi connectivity index (χ0v) is 21.4. The second-order valence-corrected chi connectivity index (χ2v) is 10.7. The van der Waals surface area contributed by atoms with Crippen molar-refractivity contribution in [2.24, 2.45) is 23.5 Å². The number of halogens is 1. The van der Waals surface area contributed by atoms with E-state index in [0.29, 0.717) is 35.5 Å². The van der Waals surface area contributed by atoms with Gasteiger partial charge in [0.2, 0.25) is 5.91 Å². The Bertz CT molecular complexity index is 1090. The van der Waals surface area contributed by atoms with Gasteiger partial charge in [0.05, 0.1) is 0 Å². The second-order valence-electron chi connectivity index (χ2n) is 10.7. The van der Waals surface area contributed by atoms with Gasteiger partial charge in [-0.1, -0.05) is 42.5 Å². The molecule has 1 atom stereocenters. The fourth-order valence-corrected chi connectivity index (χ4v) is 6.75. The second kappa shape index (κ2) is 10.5. The summed E-state index contributed by atoms with van der Waals surface area (Å²) in [5.41, 5.74) is 7.25. The molecule has 4 fully saturated rings. The number of nitrogen functional groups attached to an aromatic ring is 1. The van der Waals surface area contributed by atoms with Gasteiger partial charge in [-0.25, -0.2) is 4.79 Å². The third kappa shape index (κ3) is 5.36. The van der Waals surface area contributed by atoms with Crippen LogP contribution in [0.4, 0.5) is 10.5 Å². The van der Waals surface area contributed by atoms with Gasteiger partial charge >= 0.3 is 6.09 Å². The van der Waals surface area contributed by atoms with Crippen LogP contribution in [0.1, 0.15) is 56.6 Å². The molecule has 6 rings (SSSR count). The first-order valence-electron chi connectivity index (χ1n) is 12.6. The molecule has 4 aliphatic rings. The van der Waals surface area contributed by atoms with Crippen molar-refractivity contribution in [2.45, 2.75) is 63.6 Å². The first kappa shape index (κ1) is 26.0. The Labute approximate surface area is 218 Å². The van der Waals surface area contributed by atoms with Crippen LogP contribution in [0, 0.1) is 23.2 Å². The highest BCUT2D eigenvalue weighted by molar-refractivity contribution is 6.00. The van der Waals surface area contributed by atoms with Gasteiger partial charge in [-0.3, -0.25) is 15.1 Å². The van der Waals surface area contributed by atoms with E-state index >= 15 is 0 Å². The minimum absolute atomic E-state index is 0. The van der Waals surface area contributed by atoms with Crippen LogP contribution < -0.4 is 16.0 Å². The van der Waals surface area contributed by atoms with Gasteiger partial charge < -0.3 is 15.8 Å². The van der Waals surface area contributed by atoms with Crippen LogP contribution in [0.2, 0.25) is 0 Å². The fraction of sp³-hybridized carbons (Fsp3) is 0.464.